The third-order valence-electron chi connectivity index (χ3n) is 3.89. The summed E-state index contributed by atoms with van der Waals surface area (Å²) in [5.74, 6) is 0.495. The second-order valence-corrected chi connectivity index (χ2v) is 5.74. The quantitative estimate of drug-likeness (QED) is 0.790. The number of hydrogen-bond acceptors (Lipinski definition) is 4. The summed E-state index contributed by atoms with van der Waals surface area (Å²) in [6.45, 7) is 5.77. The lowest BCUT2D eigenvalue weighted by Gasteiger charge is -2.32. The SMILES string of the molecule is CCOc1ccc(/C=C/C(=O)NCC(=O)N2CCN(C)CC2)cc1. The Morgan fingerprint density at radius 2 is 1.83 bits per heavy atom. The molecule has 1 aliphatic rings. The Morgan fingerprint density at radius 3 is 2.46 bits per heavy atom. The van der Waals surface area contributed by atoms with Gasteiger partial charge in [0.2, 0.25) is 11.8 Å². The van der Waals surface area contributed by atoms with E-state index in [0.717, 1.165) is 24.4 Å². The largest absolute Gasteiger partial charge is 0.494 e. The van der Waals surface area contributed by atoms with Crippen molar-refractivity contribution in [2.45, 2.75) is 6.92 Å². The molecular formula is C18H25N3O3. The van der Waals surface area contributed by atoms with Crippen LogP contribution in [0.2, 0.25) is 0 Å². The van der Waals surface area contributed by atoms with Gasteiger partial charge in [0.1, 0.15) is 5.75 Å². The zero-order valence-corrected chi connectivity index (χ0v) is 14.3. The van der Waals surface area contributed by atoms with Crippen molar-refractivity contribution in [2.24, 2.45) is 0 Å². The van der Waals surface area contributed by atoms with Crippen LogP contribution in [0.1, 0.15) is 12.5 Å². The summed E-state index contributed by atoms with van der Waals surface area (Å²) in [4.78, 5) is 27.8. The van der Waals surface area contributed by atoms with Gasteiger partial charge in [-0.05, 0) is 37.7 Å². The number of nitrogens with zero attached hydrogens (tertiary/aromatic N) is 2. The Balaban J connectivity index is 1.75. The molecule has 1 fully saturated rings. The predicted octanol–water partition coefficient (Wildman–Crippen LogP) is 0.989. The van der Waals surface area contributed by atoms with Crippen LogP contribution in [0, 0.1) is 0 Å². The Kier molecular flexibility index (Phi) is 6.81. The standard InChI is InChI=1S/C18H25N3O3/c1-3-24-16-7-4-15(5-8-16)6-9-17(22)19-14-18(23)21-12-10-20(2)11-13-21/h4-9H,3,10-14H2,1-2H3,(H,19,22)/b9-6+. The zero-order chi connectivity index (χ0) is 17.4. The van der Waals surface area contributed by atoms with E-state index in [1.165, 1.54) is 6.08 Å². The topological polar surface area (TPSA) is 61.9 Å². The van der Waals surface area contributed by atoms with Crippen molar-refractivity contribution < 1.29 is 14.3 Å². The summed E-state index contributed by atoms with van der Waals surface area (Å²) >= 11 is 0. The smallest absolute Gasteiger partial charge is 0.244 e. The third kappa shape index (κ3) is 5.70. The van der Waals surface area contributed by atoms with Crippen LogP contribution < -0.4 is 10.1 Å². The highest BCUT2D eigenvalue weighted by Gasteiger charge is 2.18. The minimum absolute atomic E-state index is 0.0362. The van der Waals surface area contributed by atoms with Crippen molar-refractivity contribution in [1.82, 2.24) is 15.1 Å². The van der Waals surface area contributed by atoms with Crippen molar-refractivity contribution in [1.29, 1.82) is 0 Å². The molecule has 1 heterocycles. The van der Waals surface area contributed by atoms with E-state index in [9.17, 15) is 9.59 Å². The van der Waals surface area contributed by atoms with Crippen LogP contribution in [0.25, 0.3) is 6.08 Å². The van der Waals surface area contributed by atoms with Crippen molar-refractivity contribution in [3.05, 3.63) is 35.9 Å². The number of piperazine rings is 1. The second-order valence-electron chi connectivity index (χ2n) is 5.74. The molecule has 0 aromatic heterocycles. The molecule has 0 unspecified atom stereocenters. The lowest BCUT2D eigenvalue weighted by Crippen LogP contribution is -2.49. The maximum Gasteiger partial charge on any atom is 0.244 e. The van der Waals surface area contributed by atoms with E-state index < -0.39 is 0 Å². The highest BCUT2D eigenvalue weighted by molar-refractivity contribution is 5.94. The van der Waals surface area contributed by atoms with E-state index in [0.29, 0.717) is 19.7 Å². The number of carbonyl (C=O) groups excluding carboxylic acids is 2. The van der Waals surface area contributed by atoms with Crippen LogP contribution in [0.15, 0.2) is 30.3 Å². The molecule has 2 amide bonds. The maximum atomic E-state index is 12.0. The van der Waals surface area contributed by atoms with Gasteiger partial charge in [-0.2, -0.15) is 0 Å². The van der Waals surface area contributed by atoms with Gasteiger partial charge in [-0.25, -0.2) is 0 Å². The van der Waals surface area contributed by atoms with Gasteiger partial charge in [-0.15, -0.1) is 0 Å². The van der Waals surface area contributed by atoms with Crippen molar-refractivity contribution in [3.8, 4) is 5.75 Å². The van der Waals surface area contributed by atoms with Gasteiger partial charge in [0, 0.05) is 32.3 Å². The average molecular weight is 331 g/mol. The molecule has 1 aromatic carbocycles. The normalized spacial score (nSPS) is 15.5. The number of hydrogen-bond donors (Lipinski definition) is 1. The molecule has 0 spiro atoms. The molecular weight excluding hydrogens is 306 g/mol. The maximum absolute atomic E-state index is 12.0. The highest BCUT2D eigenvalue weighted by Crippen LogP contribution is 2.12. The molecule has 0 atom stereocenters. The van der Waals surface area contributed by atoms with E-state index in [4.69, 9.17) is 4.74 Å². The van der Waals surface area contributed by atoms with Gasteiger partial charge in [0.25, 0.3) is 0 Å². The van der Waals surface area contributed by atoms with Crippen LogP contribution in [-0.2, 0) is 9.59 Å². The number of nitrogens with one attached hydrogen (secondary N) is 1. The van der Waals surface area contributed by atoms with E-state index in [1.54, 1.807) is 11.0 Å². The van der Waals surface area contributed by atoms with E-state index in [1.807, 2.05) is 38.2 Å². The summed E-state index contributed by atoms with van der Waals surface area (Å²) in [7, 11) is 2.04. The molecule has 0 saturated carbocycles. The monoisotopic (exact) mass is 331 g/mol. The first-order chi connectivity index (χ1) is 11.6. The first-order valence-electron chi connectivity index (χ1n) is 8.23. The lowest BCUT2D eigenvalue weighted by molar-refractivity contribution is -0.133. The van der Waals surface area contributed by atoms with Gasteiger partial charge < -0.3 is 19.9 Å². The average Bonchev–Trinajstić information content (AvgIpc) is 2.60. The van der Waals surface area contributed by atoms with Gasteiger partial charge in [-0.1, -0.05) is 12.1 Å². The number of ether oxygens (including phenoxy) is 1. The third-order valence-corrected chi connectivity index (χ3v) is 3.89. The van der Waals surface area contributed by atoms with Crippen LogP contribution in [0.5, 0.6) is 5.75 Å². The molecule has 1 saturated heterocycles. The summed E-state index contributed by atoms with van der Waals surface area (Å²) in [5, 5.41) is 2.64. The summed E-state index contributed by atoms with van der Waals surface area (Å²) in [6, 6.07) is 7.48. The summed E-state index contributed by atoms with van der Waals surface area (Å²) in [6.07, 6.45) is 3.15. The fourth-order valence-corrected chi connectivity index (χ4v) is 2.40. The fraction of sp³-hybridized carbons (Fsp3) is 0.444. The number of amides is 2. The van der Waals surface area contributed by atoms with Gasteiger partial charge in [-0.3, -0.25) is 9.59 Å². The van der Waals surface area contributed by atoms with Gasteiger partial charge in [0.05, 0.1) is 13.2 Å². The van der Waals surface area contributed by atoms with Crippen LogP contribution in [0.3, 0.4) is 0 Å². The molecule has 0 aliphatic carbocycles. The first kappa shape index (κ1) is 18.0. The zero-order valence-electron chi connectivity index (χ0n) is 14.3. The molecule has 0 bridgehead atoms. The number of rotatable bonds is 6. The number of carbonyl (C=O) groups is 2. The second kappa shape index (κ2) is 9.08. The number of benzene rings is 1. The van der Waals surface area contributed by atoms with Gasteiger partial charge >= 0.3 is 0 Å². The molecule has 2 rings (SSSR count). The molecule has 1 aliphatic heterocycles. The van der Waals surface area contributed by atoms with Gasteiger partial charge in [0.15, 0.2) is 0 Å². The van der Waals surface area contributed by atoms with Crippen molar-refractivity contribution in [2.75, 3.05) is 46.4 Å². The molecule has 0 radical (unpaired) electrons. The Labute approximate surface area is 143 Å². The number of likely N-dealkylation sites (N-methyl/N-ethyl adjacent to an activating group) is 1. The van der Waals surface area contributed by atoms with E-state index in [-0.39, 0.29) is 18.4 Å². The van der Waals surface area contributed by atoms with Crippen LogP contribution >= 0.6 is 0 Å². The minimum atomic E-state index is -0.272. The highest BCUT2D eigenvalue weighted by atomic mass is 16.5. The lowest BCUT2D eigenvalue weighted by atomic mass is 10.2. The Hall–Kier alpha value is -2.34. The predicted molar refractivity (Wildman–Crippen MR) is 93.7 cm³/mol. The Bertz CT molecular complexity index is 576. The molecule has 130 valence electrons. The van der Waals surface area contributed by atoms with Crippen molar-refractivity contribution in [3.63, 3.8) is 0 Å². The molecule has 6 heteroatoms. The minimum Gasteiger partial charge on any atom is -0.494 e. The van der Waals surface area contributed by atoms with E-state index >= 15 is 0 Å². The Morgan fingerprint density at radius 1 is 1.17 bits per heavy atom. The molecule has 1 aromatic rings. The summed E-state index contributed by atoms with van der Waals surface area (Å²) < 4.78 is 5.37. The molecule has 6 nitrogen and oxygen atoms in total. The van der Waals surface area contributed by atoms with E-state index in [2.05, 4.69) is 10.2 Å². The summed E-state index contributed by atoms with van der Waals surface area (Å²) in [5.41, 5.74) is 0.902. The van der Waals surface area contributed by atoms with Crippen molar-refractivity contribution >= 4 is 17.9 Å². The molecule has 1 N–H and O–H groups in total. The van der Waals surface area contributed by atoms with Crippen LogP contribution in [-0.4, -0.2) is 68.0 Å². The molecule has 24 heavy (non-hydrogen) atoms. The first-order valence-corrected chi connectivity index (χ1v) is 8.23. The van der Waals surface area contributed by atoms with Crippen LogP contribution in [0.4, 0.5) is 0 Å². The fourth-order valence-electron chi connectivity index (χ4n) is 2.40.